The molecule has 4 aromatic rings. The van der Waals surface area contributed by atoms with E-state index in [0.717, 1.165) is 28.2 Å². The maximum absolute atomic E-state index is 11.7. The molecule has 1 aromatic heterocycles. The number of hydrogen-bond acceptors (Lipinski definition) is 6. The summed E-state index contributed by atoms with van der Waals surface area (Å²) in [6, 6.07) is 18.0. The van der Waals surface area contributed by atoms with Crippen molar-refractivity contribution < 1.29 is 15.0 Å². The van der Waals surface area contributed by atoms with E-state index in [9.17, 15) is 15.0 Å². The van der Waals surface area contributed by atoms with Crippen molar-refractivity contribution in [2.24, 2.45) is 0 Å². The molecule has 7 heteroatoms. The average molecular weight is 377 g/mol. The average Bonchev–Trinajstić information content (AvgIpc) is 3.03. The molecule has 6 nitrogen and oxygen atoms in total. The zero-order valence-corrected chi connectivity index (χ0v) is 15.1. The number of benzene rings is 3. The van der Waals surface area contributed by atoms with Crippen LogP contribution in [0, 0.1) is 0 Å². The Morgan fingerprint density at radius 2 is 1.78 bits per heavy atom. The number of phenols is 2. The first-order valence-electron chi connectivity index (χ1n) is 8.19. The van der Waals surface area contributed by atoms with Crippen LogP contribution in [0.1, 0.15) is 6.92 Å². The van der Waals surface area contributed by atoms with Crippen LogP contribution < -0.4 is 0 Å². The number of aromatic nitrogens is 3. The number of hydrogen-bond donors (Lipinski definition) is 2. The zero-order valence-electron chi connectivity index (χ0n) is 14.3. The molecule has 0 aliphatic rings. The molecule has 2 N–H and O–H groups in total. The molecule has 0 atom stereocenters. The lowest BCUT2D eigenvalue weighted by Crippen LogP contribution is -2.01. The molecular formula is C20H15N3O3S. The van der Waals surface area contributed by atoms with Crippen molar-refractivity contribution in [3.05, 3.63) is 60.7 Å². The lowest BCUT2D eigenvalue weighted by atomic mass is 10.1. The summed E-state index contributed by atoms with van der Waals surface area (Å²) in [4.78, 5) is 11.7. The summed E-state index contributed by atoms with van der Waals surface area (Å²) in [6.07, 6.45) is 0. The highest BCUT2D eigenvalue weighted by molar-refractivity contribution is 8.13. The van der Waals surface area contributed by atoms with Gasteiger partial charge in [-0.2, -0.15) is 0 Å². The Labute approximate surface area is 159 Å². The standard InChI is InChI=1S/C20H15N3O3S/c1-12(24)27-20-22-21-19(16-10-9-14(25)11-18(16)26)23(20)17-8-4-6-13-5-2-3-7-15(13)17/h2-11,25-26H,1H3. The quantitative estimate of drug-likeness (QED) is 0.522. The lowest BCUT2D eigenvalue weighted by molar-refractivity contribution is -0.109. The van der Waals surface area contributed by atoms with Crippen molar-refractivity contribution in [2.75, 3.05) is 0 Å². The van der Waals surface area contributed by atoms with Crippen LogP contribution in [0.3, 0.4) is 0 Å². The van der Waals surface area contributed by atoms with Crippen LogP contribution in [0.4, 0.5) is 0 Å². The van der Waals surface area contributed by atoms with Gasteiger partial charge in [-0.15, -0.1) is 10.2 Å². The number of aromatic hydroxyl groups is 2. The van der Waals surface area contributed by atoms with E-state index in [1.54, 1.807) is 10.6 Å². The maximum Gasteiger partial charge on any atom is 0.203 e. The fourth-order valence-electron chi connectivity index (χ4n) is 2.97. The highest BCUT2D eigenvalue weighted by atomic mass is 32.2. The first kappa shape index (κ1) is 17.1. The van der Waals surface area contributed by atoms with Gasteiger partial charge in [0.15, 0.2) is 10.9 Å². The van der Waals surface area contributed by atoms with Gasteiger partial charge in [0.1, 0.15) is 11.5 Å². The largest absolute Gasteiger partial charge is 0.508 e. The molecule has 0 saturated heterocycles. The molecule has 1 heterocycles. The van der Waals surface area contributed by atoms with E-state index >= 15 is 0 Å². The van der Waals surface area contributed by atoms with E-state index in [-0.39, 0.29) is 16.6 Å². The molecule has 0 bridgehead atoms. The van der Waals surface area contributed by atoms with Crippen LogP contribution in [0.25, 0.3) is 27.8 Å². The molecule has 0 amide bonds. The monoisotopic (exact) mass is 377 g/mol. The number of rotatable bonds is 3. The maximum atomic E-state index is 11.7. The normalized spacial score (nSPS) is 11.0. The van der Waals surface area contributed by atoms with Crippen LogP contribution in [0.2, 0.25) is 0 Å². The number of nitrogens with zero attached hydrogens (tertiary/aromatic N) is 3. The summed E-state index contributed by atoms with van der Waals surface area (Å²) in [7, 11) is 0. The Bertz CT molecular complexity index is 1170. The molecule has 0 aliphatic heterocycles. The Kier molecular flexibility index (Phi) is 4.29. The van der Waals surface area contributed by atoms with E-state index < -0.39 is 0 Å². The smallest absolute Gasteiger partial charge is 0.203 e. The zero-order chi connectivity index (χ0) is 19.0. The van der Waals surface area contributed by atoms with Crippen LogP contribution in [0.15, 0.2) is 65.8 Å². The van der Waals surface area contributed by atoms with Crippen molar-refractivity contribution >= 4 is 27.6 Å². The van der Waals surface area contributed by atoms with Gasteiger partial charge in [0, 0.05) is 18.4 Å². The van der Waals surface area contributed by atoms with Crippen LogP contribution in [-0.4, -0.2) is 30.1 Å². The summed E-state index contributed by atoms with van der Waals surface area (Å²) in [5, 5.41) is 30.5. The van der Waals surface area contributed by atoms with Crippen molar-refractivity contribution in [3.8, 4) is 28.6 Å². The molecule has 0 saturated carbocycles. The summed E-state index contributed by atoms with van der Waals surface area (Å²) in [6.45, 7) is 1.46. The lowest BCUT2D eigenvalue weighted by Gasteiger charge is -2.13. The van der Waals surface area contributed by atoms with Crippen LogP contribution >= 0.6 is 11.8 Å². The first-order valence-corrected chi connectivity index (χ1v) is 9.00. The van der Waals surface area contributed by atoms with Gasteiger partial charge < -0.3 is 10.2 Å². The SMILES string of the molecule is CC(=O)Sc1nnc(-c2ccc(O)cc2O)n1-c1cccc2ccccc12. The second-order valence-electron chi connectivity index (χ2n) is 5.93. The van der Waals surface area contributed by atoms with Crippen LogP contribution in [-0.2, 0) is 4.79 Å². The minimum atomic E-state index is -0.122. The fourth-order valence-corrected chi connectivity index (χ4v) is 3.58. The van der Waals surface area contributed by atoms with Gasteiger partial charge >= 0.3 is 0 Å². The fraction of sp³-hybridized carbons (Fsp3) is 0.0500. The Morgan fingerprint density at radius 1 is 1.00 bits per heavy atom. The van der Waals surface area contributed by atoms with Gasteiger partial charge in [-0.05, 0) is 35.3 Å². The van der Waals surface area contributed by atoms with Gasteiger partial charge in [0.05, 0.1) is 11.3 Å². The van der Waals surface area contributed by atoms with Crippen LogP contribution in [0.5, 0.6) is 11.5 Å². The van der Waals surface area contributed by atoms with Crippen molar-refractivity contribution in [3.63, 3.8) is 0 Å². The number of thioether (sulfide) groups is 1. The molecule has 0 spiro atoms. The van der Waals surface area contributed by atoms with E-state index in [2.05, 4.69) is 10.2 Å². The highest BCUT2D eigenvalue weighted by Crippen LogP contribution is 2.36. The van der Waals surface area contributed by atoms with Gasteiger partial charge in [-0.3, -0.25) is 9.36 Å². The molecular weight excluding hydrogens is 362 g/mol. The molecule has 0 unspecified atom stereocenters. The minimum Gasteiger partial charge on any atom is -0.508 e. The molecule has 0 fully saturated rings. The van der Waals surface area contributed by atoms with E-state index in [1.165, 1.54) is 19.1 Å². The minimum absolute atomic E-state index is 0.0502. The van der Waals surface area contributed by atoms with Crippen molar-refractivity contribution in [1.82, 2.24) is 14.8 Å². The predicted octanol–water partition coefficient (Wildman–Crippen LogP) is 4.14. The number of carbonyl (C=O) groups is 1. The number of fused-ring (bicyclic) bond motifs is 1. The second kappa shape index (κ2) is 6.77. The third-order valence-corrected chi connectivity index (χ3v) is 4.83. The first-order chi connectivity index (χ1) is 13.0. The second-order valence-corrected chi connectivity index (χ2v) is 7.08. The van der Waals surface area contributed by atoms with Gasteiger partial charge in [-0.25, -0.2) is 0 Å². The van der Waals surface area contributed by atoms with Gasteiger partial charge in [0.25, 0.3) is 0 Å². The molecule has 27 heavy (non-hydrogen) atoms. The van der Waals surface area contributed by atoms with E-state index in [0.29, 0.717) is 16.5 Å². The molecule has 0 radical (unpaired) electrons. The van der Waals surface area contributed by atoms with Gasteiger partial charge in [0.2, 0.25) is 5.16 Å². The third-order valence-electron chi connectivity index (χ3n) is 4.10. The molecule has 0 aliphatic carbocycles. The molecule has 4 rings (SSSR count). The third kappa shape index (κ3) is 3.13. The number of phenolic OH excluding ortho intramolecular Hbond substituents is 2. The van der Waals surface area contributed by atoms with Gasteiger partial charge in [-0.1, -0.05) is 36.4 Å². The topological polar surface area (TPSA) is 88.2 Å². The Balaban J connectivity index is 2.02. The van der Waals surface area contributed by atoms with Crippen molar-refractivity contribution in [2.45, 2.75) is 12.1 Å². The number of carbonyl (C=O) groups excluding carboxylic acids is 1. The molecule has 134 valence electrons. The van der Waals surface area contributed by atoms with E-state index in [1.807, 2.05) is 42.5 Å². The Morgan fingerprint density at radius 3 is 2.56 bits per heavy atom. The Hall–Kier alpha value is -3.32. The highest BCUT2D eigenvalue weighted by Gasteiger charge is 2.21. The summed E-state index contributed by atoms with van der Waals surface area (Å²) in [5.41, 5.74) is 1.20. The molecule has 3 aromatic carbocycles. The predicted molar refractivity (Wildman–Crippen MR) is 104 cm³/mol. The van der Waals surface area contributed by atoms with E-state index in [4.69, 9.17) is 0 Å². The summed E-state index contributed by atoms with van der Waals surface area (Å²) in [5.74, 6) is 0.210. The van der Waals surface area contributed by atoms with Crippen molar-refractivity contribution in [1.29, 1.82) is 0 Å². The summed E-state index contributed by atoms with van der Waals surface area (Å²) < 4.78 is 1.75. The summed E-state index contributed by atoms with van der Waals surface area (Å²) >= 11 is 0.972.